The largest absolute Gasteiger partial charge is 0.325 e. The summed E-state index contributed by atoms with van der Waals surface area (Å²) in [5.41, 5.74) is 0.778. The quantitative estimate of drug-likeness (QED) is 0.769. The van der Waals surface area contributed by atoms with Crippen LogP contribution in [0.25, 0.3) is 0 Å². The third-order valence-electron chi connectivity index (χ3n) is 3.02. The van der Waals surface area contributed by atoms with Gasteiger partial charge in [0.25, 0.3) is 0 Å². The molecule has 0 saturated carbocycles. The molecule has 0 unspecified atom stereocenters. The van der Waals surface area contributed by atoms with Crippen molar-refractivity contribution >= 4 is 39.3 Å². The van der Waals surface area contributed by atoms with Crippen molar-refractivity contribution < 1.29 is 4.79 Å². The summed E-state index contributed by atoms with van der Waals surface area (Å²) in [6.45, 7) is 7.03. The predicted molar refractivity (Wildman–Crippen MR) is 93.3 cm³/mol. The van der Waals surface area contributed by atoms with Gasteiger partial charge in [0.1, 0.15) is 5.82 Å². The number of anilines is 1. The van der Waals surface area contributed by atoms with E-state index in [-0.39, 0.29) is 5.91 Å². The van der Waals surface area contributed by atoms with E-state index in [2.05, 4.69) is 56.8 Å². The van der Waals surface area contributed by atoms with E-state index in [0.717, 1.165) is 27.7 Å². The Morgan fingerprint density at radius 3 is 2.82 bits per heavy atom. The van der Waals surface area contributed by atoms with Gasteiger partial charge in [-0.3, -0.25) is 4.79 Å². The van der Waals surface area contributed by atoms with Crippen LogP contribution in [0.15, 0.2) is 33.9 Å². The van der Waals surface area contributed by atoms with Gasteiger partial charge in [-0.25, -0.2) is 0 Å². The summed E-state index contributed by atoms with van der Waals surface area (Å²) in [5, 5.41) is 12.1. The summed E-state index contributed by atoms with van der Waals surface area (Å²) in [7, 11) is 0. The highest BCUT2D eigenvalue weighted by Gasteiger charge is 2.15. The number of nitrogens with zero attached hydrogens (tertiary/aromatic N) is 3. The lowest BCUT2D eigenvalue weighted by Gasteiger charge is -2.09. The number of hydrogen-bond acceptors (Lipinski definition) is 4. The van der Waals surface area contributed by atoms with Crippen LogP contribution in [0, 0.1) is 0 Å². The standard InChI is InChI=1S/C15H19BrN4OS/c1-4-20-14(10(2)3)18-19-15(20)22-9-13(21)17-12-7-5-6-11(16)8-12/h5-8,10H,4,9H2,1-3H3,(H,17,21). The van der Waals surface area contributed by atoms with Gasteiger partial charge in [-0.15, -0.1) is 10.2 Å². The monoisotopic (exact) mass is 382 g/mol. The molecule has 0 aliphatic rings. The lowest BCUT2D eigenvalue weighted by Crippen LogP contribution is -2.14. The second kappa shape index (κ2) is 7.78. The summed E-state index contributed by atoms with van der Waals surface area (Å²) < 4.78 is 2.99. The molecular weight excluding hydrogens is 364 g/mol. The molecule has 0 saturated heterocycles. The first kappa shape index (κ1) is 17.0. The smallest absolute Gasteiger partial charge is 0.234 e. The Bertz CT molecular complexity index is 657. The van der Waals surface area contributed by atoms with E-state index < -0.39 is 0 Å². The molecule has 5 nitrogen and oxygen atoms in total. The highest BCUT2D eigenvalue weighted by atomic mass is 79.9. The fraction of sp³-hybridized carbons (Fsp3) is 0.400. The molecule has 0 aliphatic heterocycles. The minimum Gasteiger partial charge on any atom is -0.325 e. The van der Waals surface area contributed by atoms with Gasteiger partial charge in [0, 0.05) is 22.6 Å². The van der Waals surface area contributed by atoms with Crippen LogP contribution >= 0.6 is 27.7 Å². The van der Waals surface area contributed by atoms with Crippen molar-refractivity contribution in [2.75, 3.05) is 11.1 Å². The highest BCUT2D eigenvalue weighted by Crippen LogP contribution is 2.22. The first-order valence-electron chi connectivity index (χ1n) is 7.12. The summed E-state index contributed by atoms with van der Waals surface area (Å²) in [6, 6.07) is 7.53. The van der Waals surface area contributed by atoms with Crippen LogP contribution in [0.1, 0.15) is 32.5 Å². The zero-order valence-corrected chi connectivity index (χ0v) is 15.2. The average Bonchev–Trinajstić information content (AvgIpc) is 2.88. The zero-order valence-electron chi connectivity index (χ0n) is 12.8. The van der Waals surface area contributed by atoms with Gasteiger partial charge >= 0.3 is 0 Å². The number of nitrogens with one attached hydrogen (secondary N) is 1. The molecule has 118 valence electrons. The Balaban J connectivity index is 1.97. The topological polar surface area (TPSA) is 59.8 Å². The highest BCUT2D eigenvalue weighted by molar-refractivity contribution is 9.10. The number of halogens is 1. The molecule has 1 amide bonds. The first-order chi connectivity index (χ1) is 10.5. The van der Waals surface area contributed by atoms with Gasteiger partial charge in [-0.2, -0.15) is 0 Å². The Hall–Kier alpha value is -1.34. The van der Waals surface area contributed by atoms with Crippen LogP contribution in [0.4, 0.5) is 5.69 Å². The van der Waals surface area contributed by atoms with Crippen LogP contribution in [0.5, 0.6) is 0 Å². The maximum absolute atomic E-state index is 12.0. The third-order valence-corrected chi connectivity index (χ3v) is 4.48. The number of hydrogen-bond donors (Lipinski definition) is 1. The van der Waals surface area contributed by atoms with Crippen LogP contribution in [0.2, 0.25) is 0 Å². The van der Waals surface area contributed by atoms with E-state index in [4.69, 9.17) is 0 Å². The number of carbonyl (C=O) groups excluding carboxylic acids is 1. The van der Waals surface area contributed by atoms with E-state index in [0.29, 0.717) is 11.7 Å². The van der Waals surface area contributed by atoms with Crippen LogP contribution in [0.3, 0.4) is 0 Å². The van der Waals surface area contributed by atoms with Gasteiger partial charge in [0.15, 0.2) is 5.16 Å². The molecule has 7 heteroatoms. The van der Waals surface area contributed by atoms with E-state index in [1.807, 2.05) is 24.3 Å². The predicted octanol–water partition coefficient (Wildman–Crippen LogP) is 3.91. The number of amides is 1. The molecule has 0 radical (unpaired) electrons. The van der Waals surface area contributed by atoms with E-state index >= 15 is 0 Å². The Kier molecular flexibility index (Phi) is 6.02. The molecule has 0 aliphatic carbocycles. The summed E-state index contributed by atoms with van der Waals surface area (Å²) in [6.07, 6.45) is 0. The Morgan fingerprint density at radius 1 is 1.41 bits per heavy atom. The van der Waals surface area contributed by atoms with Gasteiger partial charge in [0.05, 0.1) is 5.75 Å². The van der Waals surface area contributed by atoms with Crippen molar-refractivity contribution in [3.8, 4) is 0 Å². The zero-order chi connectivity index (χ0) is 16.1. The molecule has 0 atom stereocenters. The average molecular weight is 383 g/mol. The fourth-order valence-corrected chi connectivity index (χ4v) is 3.23. The van der Waals surface area contributed by atoms with Crippen molar-refractivity contribution in [2.24, 2.45) is 0 Å². The van der Waals surface area contributed by atoms with Gasteiger partial charge < -0.3 is 9.88 Å². The van der Waals surface area contributed by atoms with Crippen LogP contribution in [-0.4, -0.2) is 26.4 Å². The molecule has 2 rings (SSSR count). The molecule has 0 fully saturated rings. The van der Waals surface area contributed by atoms with E-state index in [9.17, 15) is 4.79 Å². The maximum Gasteiger partial charge on any atom is 0.234 e. The van der Waals surface area contributed by atoms with E-state index in [1.165, 1.54) is 11.8 Å². The number of aromatic nitrogens is 3. The summed E-state index contributed by atoms with van der Waals surface area (Å²) in [4.78, 5) is 12.0. The number of thioether (sulfide) groups is 1. The molecule has 22 heavy (non-hydrogen) atoms. The molecule has 0 bridgehead atoms. The Labute approximate surface area is 143 Å². The summed E-state index contributed by atoms with van der Waals surface area (Å²) in [5.74, 6) is 1.53. The summed E-state index contributed by atoms with van der Waals surface area (Å²) >= 11 is 4.79. The molecule has 1 N–H and O–H groups in total. The fourth-order valence-electron chi connectivity index (χ4n) is 2.02. The van der Waals surface area contributed by atoms with Crippen molar-refractivity contribution in [3.63, 3.8) is 0 Å². The SMILES string of the molecule is CCn1c(SCC(=O)Nc2cccc(Br)c2)nnc1C(C)C. The van der Waals surface area contributed by atoms with Gasteiger partial charge in [0.2, 0.25) is 5.91 Å². The molecule has 0 spiro atoms. The van der Waals surface area contributed by atoms with Gasteiger partial charge in [-0.1, -0.05) is 47.6 Å². The molecule has 1 aromatic heterocycles. The third kappa shape index (κ3) is 4.33. The molecule has 1 aromatic carbocycles. The number of carbonyl (C=O) groups is 1. The Morgan fingerprint density at radius 2 is 2.18 bits per heavy atom. The van der Waals surface area contributed by atoms with Crippen molar-refractivity contribution in [3.05, 3.63) is 34.6 Å². The lowest BCUT2D eigenvalue weighted by atomic mass is 10.2. The second-order valence-corrected chi connectivity index (χ2v) is 6.95. The second-order valence-electron chi connectivity index (χ2n) is 5.09. The number of benzene rings is 1. The lowest BCUT2D eigenvalue weighted by molar-refractivity contribution is -0.113. The van der Waals surface area contributed by atoms with E-state index in [1.54, 1.807) is 0 Å². The van der Waals surface area contributed by atoms with Crippen LogP contribution in [-0.2, 0) is 11.3 Å². The number of rotatable bonds is 6. The molecular formula is C15H19BrN4OS. The van der Waals surface area contributed by atoms with Crippen molar-refractivity contribution in [1.82, 2.24) is 14.8 Å². The first-order valence-corrected chi connectivity index (χ1v) is 8.90. The van der Waals surface area contributed by atoms with Crippen LogP contribution < -0.4 is 5.32 Å². The minimum absolute atomic E-state index is 0.0557. The van der Waals surface area contributed by atoms with Gasteiger partial charge in [-0.05, 0) is 25.1 Å². The van der Waals surface area contributed by atoms with Crippen molar-refractivity contribution in [2.45, 2.75) is 38.4 Å². The molecule has 1 heterocycles. The molecule has 2 aromatic rings. The maximum atomic E-state index is 12.0. The minimum atomic E-state index is -0.0557. The van der Waals surface area contributed by atoms with Crippen molar-refractivity contribution in [1.29, 1.82) is 0 Å². The normalized spacial score (nSPS) is 11.0.